The molecule has 1 heterocycles. The average molecular weight is 581 g/mol. The van der Waals surface area contributed by atoms with Gasteiger partial charge in [-0.3, -0.25) is 4.79 Å². The van der Waals surface area contributed by atoms with E-state index in [1.54, 1.807) is 18.3 Å². The van der Waals surface area contributed by atoms with Crippen LogP contribution in [0.5, 0.6) is 5.75 Å². The maximum absolute atomic E-state index is 13.6. The van der Waals surface area contributed by atoms with Crippen LogP contribution in [0.1, 0.15) is 22.2 Å². The number of amides is 2. The molecule has 0 radical (unpaired) electrons. The SMILES string of the molecule is COC(=O)NC(Cc1ccccc1)C(=O)NC(Cc1ccc(OS(N)(=O)=O)cc1)c1ncc(-c2ccccc2)s1. The lowest BCUT2D eigenvalue weighted by Gasteiger charge is -2.22. The van der Waals surface area contributed by atoms with Gasteiger partial charge in [-0.1, -0.05) is 72.8 Å². The minimum atomic E-state index is -4.15. The first kappa shape index (κ1) is 28.7. The zero-order valence-corrected chi connectivity index (χ0v) is 23.2. The third-order valence-electron chi connectivity index (χ3n) is 5.85. The van der Waals surface area contributed by atoms with Crippen molar-refractivity contribution in [3.63, 3.8) is 0 Å². The fourth-order valence-electron chi connectivity index (χ4n) is 3.97. The Morgan fingerprint density at radius 1 is 0.900 bits per heavy atom. The molecule has 0 bridgehead atoms. The molecule has 2 amide bonds. The molecule has 4 aromatic rings. The number of alkyl carbamates (subject to hydrolysis) is 1. The molecule has 208 valence electrons. The second kappa shape index (κ2) is 13.2. The van der Waals surface area contributed by atoms with Crippen LogP contribution in [0.4, 0.5) is 4.79 Å². The maximum atomic E-state index is 13.6. The van der Waals surface area contributed by atoms with Crippen molar-refractivity contribution in [3.8, 4) is 16.2 Å². The molecule has 40 heavy (non-hydrogen) atoms. The highest BCUT2D eigenvalue weighted by molar-refractivity contribution is 7.84. The molecule has 2 atom stereocenters. The molecule has 0 fully saturated rings. The first-order valence-corrected chi connectivity index (χ1v) is 14.5. The summed E-state index contributed by atoms with van der Waals surface area (Å²) in [7, 11) is -2.92. The number of carbonyl (C=O) groups is 2. The molecular weight excluding hydrogens is 552 g/mol. The number of nitrogens with one attached hydrogen (secondary N) is 2. The molecule has 4 N–H and O–H groups in total. The smallest absolute Gasteiger partial charge is 0.407 e. The predicted octanol–water partition coefficient (Wildman–Crippen LogP) is 3.76. The van der Waals surface area contributed by atoms with Gasteiger partial charge in [0.1, 0.15) is 16.8 Å². The van der Waals surface area contributed by atoms with Gasteiger partial charge in [-0.2, -0.15) is 13.6 Å². The fourth-order valence-corrected chi connectivity index (χ4v) is 5.32. The van der Waals surface area contributed by atoms with Gasteiger partial charge in [0.2, 0.25) is 5.91 Å². The molecular formula is C28H28N4O6S2. The lowest BCUT2D eigenvalue weighted by molar-refractivity contribution is -0.123. The molecule has 0 aliphatic heterocycles. The minimum absolute atomic E-state index is 0.0673. The first-order valence-electron chi connectivity index (χ1n) is 12.2. The van der Waals surface area contributed by atoms with Crippen LogP contribution in [-0.2, 0) is 32.7 Å². The Balaban J connectivity index is 1.60. The Morgan fingerprint density at radius 3 is 2.15 bits per heavy atom. The second-order valence-corrected chi connectivity index (χ2v) is 11.0. The Hall–Kier alpha value is -4.26. The summed E-state index contributed by atoms with van der Waals surface area (Å²) in [6.45, 7) is 0. The third-order valence-corrected chi connectivity index (χ3v) is 7.43. The number of methoxy groups -OCH3 is 1. The predicted molar refractivity (Wildman–Crippen MR) is 152 cm³/mol. The van der Waals surface area contributed by atoms with Crippen LogP contribution in [0.3, 0.4) is 0 Å². The highest BCUT2D eigenvalue weighted by Gasteiger charge is 2.26. The summed E-state index contributed by atoms with van der Waals surface area (Å²) in [5, 5.41) is 11.3. The van der Waals surface area contributed by atoms with Gasteiger partial charge in [-0.05, 0) is 35.2 Å². The van der Waals surface area contributed by atoms with Gasteiger partial charge in [-0.25, -0.2) is 9.78 Å². The minimum Gasteiger partial charge on any atom is -0.453 e. The number of aromatic nitrogens is 1. The average Bonchev–Trinajstić information content (AvgIpc) is 3.44. The number of carbonyl (C=O) groups excluding carboxylic acids is 2. The Kier molecular flexibility index (Phi) is 9.48. The van der Waals surface area contributed by atoms with E-state index in [-0.39, 0.29) is 12.2 Å². The van der Waals surface area contributed by atoms with E-state index < -0.39 is 34.4 Å². The number of nitrogens with two attached hydrogens (primary N) is 1. The van der Waals surface area contributed by atoms with Crippen molar-refractivity contribution in [2.24, 2.45) is 5.14 Å². The molecule has 0 aliphatic carbocycles. The van der Waals surface area contributed by atoms with Crippen molar-refractivity contribution in [2.45, 2.75) is 24.9 Å². The molecule has 0 saturated heterocycles. The summed E-state index contributed by atoms with van der Waals surface area (Å²) in [5.41, 5.74) is 2.64. The number of thiazole rings is 1. The first-order chi connectivity index (χ1) is 19.2. The highest BCUT2D eigenvalue weighted by Crippen LogP contribution is 2.31. The van der Waals surface area contributed by atoms with Crippen LogP contribution in [0.2, 0.25) is 0 Å². The van der Waals surface area contributed by atoms with Crippen molar-refractivity contribution >= 4 is 33.6 Å². The number of ether oxygens (including phenoxy) is 1. The summed E-state index contributed by atoms with van der Waals surface area (Å²) < 4.78 is 32.0. The highest BCUT2D eigenvalue weighted by atomic mass is 32.2. The van der Waals surface area contributed by atoms with Crippen molar-refractivity contribution in [1.82, 2.24) is 15.6 Å². The van der Waals surface area contributed by atoms with Crippen molar-refractivity contribution in [3.05, 3.63) is 107 Å². The van der Waals surface area contributed by atoms with Gasteiger partial charge < -0.3 is 19.6 Å². The van der Waals surface area contributed by atoms with E-state index in [1.165, 1.54) is 30.6 Å². The standard InChI is InChI=1S/C28H28N4O6S2/c1-37-28(34)32-23(16-19-8-4-2-5-9-19)26(33)31-24(17-20-12-14-22(15-13-20)38-40(29,35)36)27-30-18-25(39-27)21-10-6-3-7-11-21/h2-15,18,23-24H,16-17H2,1H3,(H,31,33)(H,32,34)(H2,29,35,36). The number of nitrogens with zero attached hydrogens (tertiary/aromatic N) is 1. The monoisotopic (exact) mass is 580 g/mol. The third kappa shape index (κ3) is 8.37. The topological polar surface area (TPSA) is 150 Å². The number of hydrogen-bond donors (Lipinski definition) is 3. The quantitative estimate of drug-likeness (QED) is 0.244. The Bertz CT molecular complexity index is 1530. The summed E-state index contributed by atoms with van der Waals surface area (Å²) in [4.78, 5) is 31.2. The van der Waals surface area contributed by atoms with E-state index in [0.29, 0.717) is 11.4 Å². The number of rotatable bonds is 11. The number of benzene rings is 3. The largest absolute Gasteiger partial charge is 0.453 e. The molecule has 12 heteroatoms. The van der Waals surface area contributed by atoms with E-state index >= 15 is 0 Å². The van der Waals surface area contributed by atoms with Crippen LogP contribution in [-0.4, -0.2) is 38.6 Å². The van der Waals surface area contributed by atoms with Gasteiger partial charge in [0.25, 0.3) is 0 Å². The van der Waals surface area contributed by atoms with Gasteiger partial charge in [0.15, 0.2) is 0 Å². The lowest BCUT2D eigenvalue weighted by Crippen LogP contribution is -2.49. The van der Waals surface area contributed by atoms with Crippen LogP contribution < -0.4 is 20.0 Å². The van der Waals surface area contributed by atoms with Crippen molar-refractivity contribution in [1.29, 1.82) is 0 Å². The lowest BCUT2D eigenvalue weighted by atomic mass is 10.0. The van der Waals surface area contributed by atoms with E-state index in [1.807, 2.05) is 60.7 Å². The Morgan fingerprint density at radius 2 is 1.52 bits per heavy atom. The zero-order chi connectivity index (χ0) is 28.5. The van der Waals surface area contributed by atoms with Gasteiger partial charge in [0, 0.05) is 12.6 Å². The van der Waals surface area contributed by atoms with Gasteiger partial charge in [0.05, 0.1) is 18.0 Å². The van der Waals surface area contributed by atoms with Crippen LogP contribution >= 0.6 is 11.3 Å². The van der Waals surface area contributed by atoms with E-state index in [4.69, 9.17) is 14.1 Å². The molecule has 0 saturated carbocycles. The molecule has 3 aromatic carbocycles. The normalized spacial score (nSPS) is 12.7. The zero-order valence-electron chi connectivity index (χ0n) is 21.5. The fraction of sp³-hybridized carbons (Fsp3) is 0.179. The summed E-state index contributed by atoms with van der Waals surface area (Å²) in [6, 6.07) is 23.9. The van der Waals surface area contributed by atoms with Crippen LogP contribution in [0, 0.1) is 0 Å². The van der Waals surface area contributed by atoms with Gasteiger partial charge >= 0.3 is 16.4 Å². The second-order valence-electron chi connectivity index (χ2n) is 8.79. The molecule has 1 aromatic heterocycles. The van der Waals surface area contributed by atoms with Gasteiger partial charge in [-0.15, -0.1) is 11.3 Å². The van der Waals surface area contributed by atoms with E-state index in [0.717, 1.165) is 21.6 Å². The summed E-state index contributed by atoms with van der Waals surface area (Å²) >= 11 is 1.44. The molecule has 0 spiro atoms. The van der Waals surface area contributed by atoms with Crippen LogP contribution in [0.25, 0.3) is 10.4 Å². The summed E-state index contributed by atoms with van der Waals surface area (Å²) in [6.07, 6.45) is 1.62. The molecule has 10 nitrogen and oxygen atoms in total. The molecule has 4 rings (SSSR count). The van der Waals surface area contributed by atoms with E-state index in [2.05, 4.69) is 15.6 Å². The van der Waals surface area contributed by atoms with Crippen molar-refractivity contribution < 1.29 is 26.9 Å². The maximum Gasteiger partial charge on any atom is 0.407 e. The summed E-state index contributed by atoms with van der Waals surface area (Å²) in [5.74, 6) is -0.345. The Labute approximate surface area is 236 Å². The molecule has 0 aliphatic rings. The van der Waals surface area contributed by atoms with E-state index in [9.17, 15) is 18.0 Å². The molecule has 2 unspecified atom stereocenters. The van der Waals surface area contributed by atoms with Crippen molar-refractivity contribution in [2.75, 3.05) is 7.11 Å². The number of hydrogen-bond acceptors (Lipinski definition) is 8. The van der Waals surface area contributed by atoms with Crippen LogP contribution in [0.15, 0.2) is 91.1 Å².